The summed E-state index contributed by atoms with van der Waals surface area (Å²) >= 11 is 0. The molecule has 7 heteroatoms. The van der Waals surface area contributed by atoms with Crippen molar-refractivity contribution in [3.8, 4) is 0 Å². The molecule has 40 heavy (non-hydrogen) atoms. The molecular weight excluding hydrogens is 505 g/mol. The van der Waals surface area contributed by atoms with Crippen molar-refractivity contribution in [2.45, 2.75) is 119 Å². The van der Waals surface area contributed by atoms with E-state index in [0.29, 0.717) is 31.3 Å². The number of hydrogen-bond acceptors (Lipinski definition) is 5. The summed E-state index contributed by atoms with van der Waals surface area (Å²) in [5, 5.41) is 20.3. The normalized spacial score (nSPS) is 19.4. The summed E-state index contributed by atoms with van der Waals surface area (Å²) in [5.41, 5.74) is 0.974. The highest BCUT2D eigenvalue weighted by Gasteiger charge is 2.43. The van der Waals surface area contributed by atoms with E-state index in [-0.39, 0.29) is 34.8 Å². The second kappa shape index (κ2) is 18.1. The van der Waals surface area contributed by atoms with Crippen LogP contribution in [-0.4, -0.2) is 35.5 Å². The first-order chi connectivity index (χ1) is 18.6. The summed E-state index contributed by atoms with van der Waals surface area (Å²) in [5.74, 6) is 0.355. The topological polar surface area (TPSA) is 91.1 Å². The maximum absolute atomic E-state index is 14.1. The van der Waals surface area contributed by atoms with Gasteiger partial charge in [0.15, 0.2) is 0 Å². The van der Waals surface area contributed by atoms with Crippen molar-refractivity contribution in [1.29, 1.82) is 0 Å². The Balaban J connectivity index is 0.000000691. The van der Waals surface area contributed by atoms with Crippen molar-refractivity contribution in [1.82, 2.24) is 5.32 Å². The van der Waals surface area contributed by atoms with Crippen LogP contribution in [0.25, 0.3) is 0 Å². The predicted molar refractivity (Wildman–Crippen MR) is 165 cm³/mol. The smallest absolute Gasteiger partial charge is 0.223 e. The Kier molecular flexibility index (Phi) is 17.0. The summed E-state index contributed by atoms with van der Waals surface area (Å²) in [7, 11) is 1.71. The minimum atomic E-state index is -0.662. The van der Waals surface area contributed by atoms with E-state index in [1.54, 1.807) is 33.0 Å². The molecule has 0 aromatic heterocycles. The molecule has 3 atom stereocenters. The third-order valence-corrected chi connectivity index (χ3v) is 7.83. The largest absolute Gasteiger partial charge is 0.393 e. The zero-order chi connectivity index (χ0) is 31.1. The maximum Gasteiger partial charge on any atom is 0.223 e. The van der Waals surface area contributed by atoms with Crippen LogP contribution in [0, 0.1) is 23.2 Å². The Morgan fingerprint density at radius 1 is 1.20 bits per heavy atom. The number of halogens is 1. The first-order valence-corrected chi connectivity index (χ1v) is 14.7. The molecule has 228 valence electrons. The van der Waals surface area contributed by atoms with E-state index in [4.69, 9.17) is 0 Å². The minimum Gasteiger partial charge on any atom is -0.393 e. The number of aliphatic hydroxyl groups excluding tert-OH is 1. The molecule has 0 saturated heterocycles. The van der Waals surface area contributed by atoms with Gasteiger partial charge in [-0.1, -0.05) is 66.3 Å². The van der Waals surface area contributed by atoms with Crippen LogP contribution in [0.1, 0.15) is 107 Å². The number of azo groups is 1. The zero-order valence-corrected chi connectivity index (χ0v) is 26.8. The van der Waals surface area contributed by atoms with Crippen LogP contribution in [0.15, 0.2) is 58.2 Å². The van der Waals surface area contributed by atoms with Crippen LogP contribution in [0.4, 0.5) is 4.39 Å². The van der Waals surface area contributed by atoms with Crippen LogP contribution < -0.4 is 5.32 Å². The average Bonchev–Trinajstić information content (AvgIpc) is 3.72. The molecule has 6 nitrogen and oxygen atoms in total. The number of carbonyl (C=O) groups is 2. The molecule has 0 heterocycles. The first-order valence-electron chi connectivity index (χ1n) is 14.7. The SMILES string of the molecule is C/C=C(\N=NC)C1CC1.C=C(/C(F)=C\C=C/C)C1(NC(=O)[C@@H](C)C[C@@H](O)CC)CCC1.CC(=O)[C@@H](C)C(C)(C)C. The molecule has 0 aliphatic heterocycles. The number of nitrogens with one attached hydrogen (secondary N) is 1. The van der Waals surface area contributed by atoms with E-state index in [0.717, 1.165) is 18.0 Å². The fraction of sp³-hybridized carbons (Fsp3) is 0.697. The summed E-state index contributed by atoms with van der Waals surface area (Å²) < 4.78 is 14.1. The molecule has 0 aromatic rings. The van der Waals surface area contributed by atoms with Crippen LogP contribution in [0.5, 0.6) is 0 Å². The second-order valence-electron chi connectivity index (χ2n) is 12.1. The molecular formula is C33H56FN3O3. The van der Waals surface area contributed by atoms with E-state index in [9.17, 15) is 19.1 Å². The number of amides is 1. The molecule has 0 aromatic carbocycles. The van der Waals surface area contributed by atoms with E-state index in [2.05, 4.69) is 42.9 Å². The lowest BCUT2D eigenvalue weighted by atomic mass is 9.71. The third-order valence-electron chi connectivity index (χ3n) is 7.83. The Labute approximate surface area is 243 Å². The number of hydrogen-bond donors (Lipinski definition) is 2. The van der Waals surface area contributed by atoms with Crippen LogP contribution in [0.2, 0.25) is 0 Å². The Morgan fingerprint density at radius 3 is 2.10 bits per heavy atom. The number of aliphatic hydroxyl groups is 1. The third kappa shape index (κ3) is 13.3. The quantitative estimate of drug-likeness (QED) is 0.196. The van der Waals surface area contributed by atoms with Gasteiger partial charge in [0.2, 0.25) is 5.91 Å². The molecule has 2 saturated carbocycles. The van der Waals surface area contributed by atoms with Crippen LogP contribution in [-0.2, 0) is 9.59 Å². The van der Waals surface area contributed by atoms with Gasteiger partial charge >= 0.3 is 0 Å². The van der Waals surface area contributed by atoms with E-state index in [1.165, 1.54) is 18.9 Å². The summed E-state index contributed by atoms with van der Waals surface area (Å²) in [4.78, 5) is 23.1. The number of carbonyl (C=O) groups excluding carboxylic acids is 2. The van der Waals surface area contributed by atoms with Gasteiger partial charge in [-0.2, -0.15) is 10.2 Å². The highest BCUT2D eigenvalue weighted by Crippen LogP contribution is 2.41. The summed E-state index contributed by atoms with van der Waals surface area (Å²) in [6.07, 6.45) is 12.3. The van der Waals surface area contributed by atoms with Gasteiger partial charge in [-0.3, -0.25) is 9.59 Å². The van der Waals surface area contributed by atoms with Gasteiger partial charge in [-0.15, -0.1) is 0 Å². The fourth-order valence-electron chi connectivity index (χ4n) is 4.06. The van der Waals surface area contributed by atoms with E-state index >= 15 is 0 Å². The molecule has 0 bridgehead atoms. The van der Waals surface area contributed by atoms with Crippen molar-refractivity contribution in [2.75, 3.05) is 7.05 Å². The highest BCUT2D eigenvalue weighted by atomic mass is 19.1. The number of rotatable bonds is 11. The maximum atomic E-state index is 14.1. The lowest BCUT2D eigenvalue weighted by Gasteiger charge is -2.44. The highest BCUT2D eigenvalue weighted by molar-refractivity contribution is 5.80. The van der Waals surface area contributed by atoms with Crippen molar-refractivity contribution in [2.24, 2.45) is 33.4 Å². The summed E-state index contributed by atoms with van der Waals surface area (Å²) in [6.45, 7) is 21.2. The Morgan fingerprint density at radius 2 is 1.77 bits per heavy atom. The summed E-state index contributed by atoms with van der Waals surface area (Å²) in [6, 6.07) is 0. The van der Waals surface area contributed by atoms with Gasteiger partial charge in [0.05, 0.1) is 17.3 Å². The predicted octanol–water partition coefficient (Wildman–Crippen LogP) is 8.45. The second-order valence-corrected chi connectivity index (χ2v) is 12.1. The van der Waals surface area contributed by atoms with Crippen LogP contribution in [0.3, 0.4) is 0 Å². The molecule has 0 radical (unpaired) electrons. The standard InChI is InChI=1S/C18H28FNO2.C8H16O.C7H12N2/c1-5-7-9-16(19)14(4)18(10-8-11-18)20-17(22)13(3)12-15(21)6-2;1-6(7(2)9)8(3,4)5;1-3-7(9-8-2)6-4-5-6/h5,7,9,13,15,21H,4,6,8,10-12H2,1-3H3,(H,20,22);6H,1-5H3;3,6H,4-5H2,1-2H3/b7-5-,16-9+;;7-3-,9-8?/t13-,15-;6-;/m01./s1. The van der Waals surface area contributed by atoms with E-state index < -0.39 is 11.6 Å². The molecule has 1 amide bonds. The van der Waals surface area contributed by atoms with Crippen molar-refractivity contribution in [3.05, 3.63) is 48.0 Å². The van der Waals surface area contributed by atoms with Crippen molar-refractivity contribution in [3.63, 3.8) is 0 Å². The van der Waals surface area contributed by atoms with Gasteiger partial charge in [-0.25, -0.2) is 4.39 Å². The first kappa shape index (κ1) is 37.6. The Hall–Kier alpha value is -2.41. The van der Waals surface area contributed by atoms with Crippen LogP contribution >= 0.6 is 0 Å². The number of ketones is 1. The number of Topliss-reactive ketones (excluding diaryl/α,β-unsaturated/α-hetero) is 1. The minimum absolute atomic E-state index is 0.131. The molecule has 2 rings (SSSR count). The van der Waals surface area contributed by atoms with Gasteiger partial charge < -0.3 is 10.4 Å². The van der Waals surface area contributed by atoms with Gasteiger partial charge in [0.25, 0.3) is 0 Å². The van der Waals surface area contributed by atoms with Gasteiger partial charge in [0.1, 0.15) is 11.6 Å². The fourth-order valence-corrected chi connectivity index (χ4v) is 4.06. The van der Waals surface area contributed by atoms with Gasteiger partial charge in [0, 0.05) is 30.4 Å². The van der Waals surface area contributed by atoms with Crippen molar-refractivity contribution < 1.29 is 19.1 Å². The number of nitrogens with zero attached hydrogens (tertiary/aromatic N) is 2. The molecule has 2 aliphatic rings. The molecule has 0 spiro atoms. The molecule has 2 aliphatic carbocycles. The average molecular weight is 562 g/mol. The molecule has 0 unspecified atom stereocenters. The lowest BCUT2D eigenvalue weighted by molar-refractivity contribution is -0.128. The molecule has 2 N–H and O–H groups in total. The number of allylic oxidation sites excluding steroid dienone is 5. The van der Waals surface area contributed by atoms with E-state index in [1.807, 2.05) is 33.8 Å². The van der Waals surface area contributed by atoms with Gasteiger partial charge in [-0.05, 0) is 77.2 Å². The Bertz CT molecular complexity index is 935. The monoisotopic (exact) mass is 561 g/mol. The molecule has 2 fully saturated rings. The van der Waals surface area contributed by atoms with Crippen molar-refractivity contribution >= 4 is 11.7 Å². The lowest BCUT2D eigenvalue weighted by Crippen LogP contribution is -2.56. The zero-order valence-electron chi connectivity index (χ0n) is 26.8.